The molecule has 7 heteroatoms. The quantitative estimate of drug-likeness (QED) is 0.525. The number of amides is 1. The number of carbonyl (C=O) groups excluding carboxylic acids is 1. The summed E-state index contributed by atoms with van der Waals surface area (Å²) in [4.78, 5) is 16.5. The van der Waals surface area contributed by atoms with Gasteiger partial charge in [0.25, 0.3) is 0 Å². The molecular formula is C23H20FN5O. The molecule has 3 N–H and O–H groups in total. The van der Waals surface area contributed by atoms with E-state index in [1.807, 2.05) is 42.5 Å². The zero-order valence-corrected chi connectivity index (χ0v) is 16.2. The number of rotatable bonds is 5. The molecule has 4 aromatic rings. The predicted molar refractivity (Wildman–Crippen MR) is 114 cm³/mol. The van der Waals surface area contributed by atoms with Crippen LogP contribution >= 0.6 is 0 Å². The highest BCUT2D eigenvalue weighted by Crippen LogP contribution is 2.40. The topological polar surface area (TPSA) is 85.3 Å². The first-order valence-electron chi connectivity index (χ1n) is 9.86. The van der Waals surface area contributed by atoms with Gasteiger partial charge in [-0.05, 0) is 65.3 Å². The Balaban J connectivity index is 1.26. The number of nitrogens with zero attached hydrogens (tertiary/aromatic N) is 3. The second-order valence-corrected chi connectivity index (χ2v) is 7.62. The maximum Gasteiger partial charge on any atom is 0.240 e. The average molecular weight is 401 g/mol. The van der Waals surface area contributed by atoms with E-state index in [4.69, 9.17) is 5.73 Å². The van der Waals surface area contributed by atoms with E-state index in [0.717, 1.165) is 35.1 Å². The van der Waals surface area contributed by atoms with Crippen LogP contribution in [0.4, 0.5) is 16.0 Å². The minimum Gasteiger partial charge on any atom is -0.366 e. The van der Waals surface area contributed by atoms with Crippen molar-refractivity contribution in [2.45, 2.75) is 25.2 Å². The normalized spacial score (nSPS) is 13.5. The lowest BCUT2D eigenvalue weighted by Crippen LogP contribution is -2.15. The zero-order valence-electron chi connectivity index (χ0n) is 16.2. The number of nitrogen functional groups attached to an aromatic ring is 1. The molecule has 0 unspecified atom stereocenters. The minimum absolute atomic E-state index is 0.170. The van der Waals surface area contributed by atoms with Gasteiger partial charge in [0.2, 0.25) is 11.9 Å². The summed E-state index contributed by atoms with van der Waals surface area (Å²) in [6.45, 7) is 0. The summed E-state index contributed by atoms with van der Waals surface area (Å²) >= 11 is 0. The molecule has 1 saturated carbocycles. The van der Waals surface area contributed by atoms with Crippen molar-refractivity contribution < 1.29 is 9.18 Å². The van der Waals surface area contributed by atoms with Gasteiger partial charge in [-0.1, -0.05) is 30.3 Å². The van der Waals surface area contributed by atoms with Crippen molar-refractivity contribution in [2.75, 3.05) is 11.1 Å². The molecular weight excluding hydrogens is 381 g/mol. The van der Waals surface area contributed by atoms with Gasteiger partial charge in [-0.15, -0.1) is 5.10 Å². The third-order valence-corrected chi connectivity index (χ3v) is 5.32. The lowest BCUT2D eigenvalue weighted by molar-refractivity contribution is -0.115. The monoisotopic (exact) mass is 401 g/mol. The lowest BCUT2D eigenvalue weighted by Gasteiger charge is -2.09. The number of pyridine rings is 1. The second kappa shape index (κ2) is 7.26. The molecule has 0 bridgehead atoms. The summed E-state index contributed by atoms with van der Waals surface area (Å²) in [5, 5.41) is 6.73. The van der Waals surface area contributed by atoms with Crippen LogP contribution in [0.15, 0.2) is 60.8 Å². The van der Waals surface area contributed by atoms with Crippen LogP contribution < -0.4 is 11.1 Å². The summed E-state index contributed by atoms with van der Waals surface area (Å²) in [5.41, 5.74) is 10.3. The summed E-state index contributed by atoms with van der Waals surface area (Å²) in [6, 6.07) is 16.6. The molecule has 6 nitrogen and oxygen atoms in total. The van der Waals surface area contributed by atoms with Gasteiger partial charge in [0.05, 0.1) is 12.1 Å². The SMILES string of the molecule is Nc1nc2cc(-c3ccc(CC(=O)Nc4ccc(C5CC5)cc4F)cc3)ccn2n1. The first-order valence-corrected chi connectivity index (χ1v) is 9.86. The minimum atomic E-state index is -0.382. The van der Waals surface area contributed by atoms with Gasteiger partial charge in [0.15, 0.2) is 5.65 Å². The molecule has 30 heavy (non-hydrogen) atoms. The summed E-state index contributed by atoms with van der Waals surface area (Å²) in [5.74, 6) is 0.0755. The summed E-state index contributed by atoms with van der Waals surface area (Å²) in [6.07, 6.45) is 4.20. The van der Waals surface area contributed by atoms with Gasteiger partial charge >= 0.3 is 0 Å². The number of nitrogens with one attached hydrogen (secondary N) is 1. The van der Waals surface area contributed by atoms with E-state index in [9.17, 15) is 9.18 Å². The van der Waals surface area contributed by atoms with E-state index >= 15 is 0 Å². The molecule has 0 radical (unpaired) electrons. The molecule has 1 aliphatic carbocycles. The molecule has 1 fully saturated rings. The number of benzene rings is 2. The van der Waals surface area contributed by atoms with Gasteiger partial charge in [0.1, 0.15) is 5.82 Å². The van der Waals surface area contributed by atoms with Crippen molar-refractivity contribution in [1.29, 1.82) is 0 Å². The number of anilines is 2. The maximum absolute atomic E-state index is 14.3. The highest BCUT2D eigenvalue weighted by Gasteiger charge is 2.24. The molecule has 150 valence electrons. The molecule has 2 aromatic carbocycles. The Bertz CT molecular complexity index is 1240. The Morgan fingerprint density at radius 2 is 1.90 bits per heavy atom. The second-order valence-electron chi connectivity index (χ2n) is 7.62. The molecule has 0 saturated heterocycles. The van der Waals surface area contributed by atoms with Crippen molar-refractivity contribution >= 4 is 23.2 Å². The molecule has 2 aromatic heterocycles. The van der Waals surface area contributed by atoms with Crippen LogP contribution in [0.5, 0.6) is 0 Å². The third kappa shape index (κ3) is 3.74. The Kier molecular flexibility index (Phi) is 4.43. The fourth-order valence-corrected chi connectivity index (χ4v) is 3.58. The van der Waals surface area contributed by atoms with Gasteiger partial charge < -0.3 is 11.1 Å². The van der Waals surface area contributed by atoms with Crippen LogP contribution in [0.1, 0.15) is 29.9 Å². The van der Waals surface area contributed by atoms with E-state index in [2.05, 4.69) is 15.4 Å². The van der Waals surface area contributed by atoms with Crippen molar-refractivity contribution in [3.8, 4) is 11.1 Å². The van der Waals surface area contributed by atoms with Crippen molar-refractivity contribution in [3.63, 3.8) is 0 Å². The molecule has 5 rings (SSSR count). The van der Waals surface area contributed by atoms with Crippen LogP contribution in [0, 0.1) is 5.82 Å². The summed E-state index contributed by atoms with van der Waals surface area (Å²) in [7, 11) is 0. The molecule has 1 aliphatic rings. The first kappa shape index (κ1) is 18.3. The Labute approximate surface area is 172 Å². The number of fused-ring (bicyclic) bond motifs is 1. The average Bonchev–Trinajstić information content (AvgIpc) is 3.51. The molecule has 0 atom stereocenters. The fourth-order valence-electron chi connectivity index (χ4n) is 3.58. The van der Waals surface area contributed by atoms with E-state index in [-0.39, 0.29) is 29.8 Å². The fraction of sp³-hybridized carbons (Fsp3) is 0.174. The zero-order chi connectivity index (χ0) is 20.7. The molecule has 2 heterocycles. The highest BCUT2D eigenvalue weighted by molar-refractivity contribution is 5.92. The molecule has 0 spiro atoms. The van der Waals surface area contributed by atoms with E-state index < -0.39 is 0 Å². The number of halogens is 1. The van der Waals surface area contributed by atoms with Crippen LogP contribution in [-0.2, 0) is 11.2 Å². The van der Waals surface area contributed by atoms with Crippen LogP contribution in [0.25, 0.3) is 16.8 Å². The van der Waals surface area contributed by atoms with Crippen LogP contribution in [0.3, 0.4) is 0 Å². The Hall–Kier alpha value is -3.74. The van der Waals surface area contributed by atoms with E-state index in [1.165, 1.54) is 6.07 Å². The predicted octanol–water partition coefficient (Wildman–Crippen LogP) is 4.18. The van der Waals surface area contributed by atoms with E-state index in [0.29, 0.717) is 11.6 Å². The number of hydrogen-bond donors (Lipinski definition) is 2. The number of hydrogen-bond acceptors (Lipinski definition) is 4. The van der Waals surface area contributed by atoms with Gasteiger partial charge in [-0.25, -0.2) is 8.91 Å². The highest BCUT2D eigenvalue weighted by atomic mass is 19.1. The largest absolute Gasteiger partial charge is 0.366 e. The smallest absolute Gasteiger partial charge is 0.240 e. The molecule has 0 aliphatic heterocycles. The standard InChI is InChI=1S/C23H20FN5O/c24-19-12-17(16-5-6-16)7-8-20(19)26-22(30)11-14-1-3-15(4-2-14)18-9-10-29-21(13-18)27-23(25)28-29/h1-4,7-10,12-13,16H,5-6,11H2,(H2,25,28)(H,26,30). The maximum atomic E-state index is 14.3. The van der Waals surface area contributed by atoms with Gasteiger partial charge in [-0.3, -0.25) is 4.79 Å². The van der Waals surface area contributed by atoms with Crippen molar-refractivity contribution in [3.05, 3.63) is 77.7 Å². The Morgan fingerprint density at radius 3 is 2.63 bits per heavy atom. The van der Waals surface area contributed by atoms with E-state index in [1.54, 1.807) is 16.8 Å². The van der Waals surface area contributed by atoms with Crippen LogP contribution in [-0.4, -0.2) is 20.5 Å². The van der Waals surface area contributed by atoms with Crippen molar-refractivity contribution in [2.24, 2.45) is 0 Å². The van der Waals surface area contributed by atoms with Crippen molar-refractivity contribution in [1.82, 2.24) is 14.6 Å². The van der Waals surface area contributed by atoms with Gasteiger partial charge in [0, 0.05) is 6.20 Å². The summed E-state index contributed by atoms with van der Waals surface area (Å²) < 4.78 is 15.9. The lowest BCUT2D eigenvalue weighted by atomic mass is 10.0. The first-order chi connectivity index (χ1) is 14.5. The van der Waals surface area contributed by atoms with Crippen LogP contribution in [0.2, 0.25) is 0 Å². The number of aromatic nitrogens is 3. The third-order valence-electron chi connectivity index (χ3n) is 5.32. The van der Waals surface area contributed by atoms with Gasteiger partial charge in [-0.2, -0.15) is 4.98 Å². The number of nitrogens with two attached hydrogens (primary N) is 1. The number of carbonyl (C=O) groups is 1. The Morgan fingerprint density at radius 1 is 1.10 bits per heavy atom. The molecule has 1 amide bonds.